The molecule has 3 aromatic rings. The van der Waals surface area contributed by atoms with E-state index in [4.69, 9.17) is 23.2 Å². The lowest BCUT2D eigenvalue weighted by Crippen LogP contribution is -2.39. The van der Waals surface area contributed by atoms with E-state index in [-0.39, 0.29) is 24.8 Å². The van der Waals surface area contributed by atoms with E-state index in [9.17, 15) is 9.59 Å². The van der Waals surface area contributed by atoms with Gasteiger partial charge in [-0.3, -0.25) is 9.59 Å². The van der Waals surface area contributed by atoms with Gasteiger partial charge in [0.15, 0.2) is 0 Å². The highest BCUT2D eigenvalue weighted by molar-refractivity contribution is 7.13. The van der Waals surface area contributed by atoms with Gasteiger partial charge in [0.25, 0.3) is 0 Å². The monoisotopic (exact) mass is 461 g/mol. The van der Waals surface area contributed by atoms with Crippen molar-refractivity contribution >= 4 is 52.0 Å². The van der Waals surface area contributed by atoms with Crippen molar-refractivity contribution in [2.24, 2.45) is 0 Å². The van der Waals surface area contributed by atoms with Gasteiger partial charge in [0.1, 0.15) is 5.01 Å². The Morgan fingerprint density at radius 2 is 1.90 bits per heavy atom. The Balaban J connectivity index is 1.64. The first-order valence-electron chi connectivity index (χ1n) is 9.48. The highest BCUT2D eigenvalue weighted by atomic mass is 35.5. The number of anilines is 1. The fourth-order valence-electron chi connectivity index (χ4n) is 2.89. The Morgan fingerprint density at radius 3 is 2.63 bits per heavy atom. The van der Waals surface area contributed by atoms with Crippen molar-refractivity contribution in [2.75, 3.05) is 18.4 Å². The van der Waals surface area contributed by atoms with Crippen molar-refractivity contribution in [3.05, 3.63) is 69.7 Å². The number of rotatable bonds is 8. The molecular weight excluding hydrogens is 441 g/mol. The summed E-state index contributed by atoms with van der Waals surface area (Å²) in [4.78, 5) is 31.4. The number of halogens is 2. The van der Waals surface area contributed by atoms with E-state index in [1.807, 2.05) is 42.6 Å². The molecule has 0 saturated carbocycles. The van der Waals surface area contributed by atoms with Crippen LogP contribution in [0.1, 0.15) is 19.0 Å². The fraction of sp³-hybridized carbons (Fsp3) is 0.227. The van der Waals surface area contributed by atoms with E-state index >= 15 is 0 Å². The molecule has 0 unspecified atom stereocenters. The van der Waals surface area contributed by atoms with Gasteiger partial charge in [0.2, 0.25) is 11.8 Å². The van der Waals surface area contributed by atoms with E-state index in [0.717, 1.165) is 17.0 Å². The minimum absolute atomic E-state index is 0.0643. The summed E-state index contributed by atoms with van der Waals surface area (Å²) < 4.78 is 0. The molecule has 0 fully saturated rings. The quantitative estimate of drug-likeness (QED) is 0.478. The van der Waals surface area contributed by atoms with Crippen molar-refractivity contribution in [3.63, 3.8) is 0 Å². The maximum atomic E-state index is 12.8. The Hall–Kier alpha value is -2.41. The molecule has 0 radical (unpaired) electrons. The smallest absolute Gasteiger partial charge is 0.244 e. The number of hydrogen-bond acceptors (Lipinski definition) is 4. The third-order valence-corrected chi connectivity index (χ3v) is 5.79. The normalized spacial score (nSPS) is 10.6. The number of carbonyl (C=O) groups is 2. The van der Waals surface area contributed by atoms with Crippen molar-refractivity contribution in [1.29, 1.82) is 0 Å². The molecule has 156 valence electrons. The third kappa shape index (κ3) is 6.05. The van der Waals surface area contributed by atoms with E-state index < -0.39 is 0 Å². The molecule has 8 heteroatoms. The average Bonchev–Trinajstić information content (AvgIpc) is 3.19. The Kier molecular flexibility index (Phi) is 7.85. The number of carbonyl (C=O) groups excluding carboxylic acids is 2. The summed E-state index contributed by atoms with van der Waals surface area (Å²) in [7, 11) is 0. The summed E-state index contributed by atoms with van der Waals surface area (Å²) in [6.45, 7) is 2.37. The van der Waals surface area contributed by atoms with Crippen LogP contribution in [0.15, 0.2) is 53.9 Å². The number of amides is 2. The molecule has 2 aromatic carbocycles. The van der Waals surface area contributed by atoms with Crippen LogP contribution in [0.2, 0.25) is 10.0 Å². The van der Waals surface area contributed by atoms with Crippen molar-refractivity contribution in [2.45, 2.75) is 19.8 Å². The molecule has 0 aliphatic rings. The van der Waals surface area contributed by atoms with Gasteiger partial charge in [-0.15, -0.1) is 11.3 Å². The van der Waals surface area contributed by atoms with Crippen molar-refractivity contribution < 1.29 is 9.59 Å². The molecule has 0 aliphatic heterocycles. The molecule has 0 bridgehead atoms. The maximum absolute atomic E-state index is 12.8. The molecule has 2 amide bonds. The number of thiazole rings is 1. The Labute approximate surface area is 189 Å². The van der Waals surface area contributed by atoms with E-state index in [1.165, 1.54) is 16.2 Å². The zero-order valence-electron chi connectivity index (χ0n) is 16.4. The number of nitrogens with one attached hydrogen (secondary N) is 1. The minimum Gasteiger partial charge on any atom is -0.333 e. The van der Waals surface area contributed by atoms with Gasteiger partial charge in [-0.25, -0.2) is 4.98 Å². The van der Waals surface area contributed by atoms with Gasteiger partial charge >= 0.3 is 0 Å². The third-order valence-electron chi connectivity index (χ3n) is 4.29. The highest BCUT2D eigenvalue weighted by Crippen LogP contribution is 2.26. The largest absolute Gasteiger partial charge is 0.333 e. The van der Waals surface area contributed by atoms with Gasteiger partial charge < -0.3 is 10.2 Å². The number of nitrogens with zero attached hydrogens (tertiary/aromatic N) is 2. The first-order valence-corrected chi connectivity index (χ1v) is 11.1. The van der Waals surface area contributed by atoms with Crippen LogP contribution in [-0.4, -0.2) is 34.8 Å². The van der Waals surface area contributed by atoms with Crippen LogP contribution < -0.4 is 5.32 Å². The molecule has 5 nitrogen and oxygen atoms in total. The summed E-state index contributed by atoms with van der Waals surface area (Å²) in [5, 5.41) is 6.33. The standard InChI is InChI=1S/C22H21Cl2N3O2S/c1-2-10-27(13-20(28)26-19-11-16(23)8-9-18(19)24)21(29)12-17-14-30-22(25-17)15-6-4-3-5-7-15/h3-9,11,14H,2,10,12-13H2,1H3,(H,26,28). The number of hydrogen-bond donors (Lipinski definition) is 1. The first kappa shape index (κ1) is 22.3. The van der Waals surface area contributed by atoms with Gasteiger partial charge in [0, 0.05) is 22.5 Å². The minimum atomic E-state index is -0.329. The summed E-state index contributed by atoms with van der Waals surface area (Å²) in [6.07, 6.45) is 0.887. The van der Waals surface area contributed by atoms with E-state index in [0.29, 0.717) is 28.0 Å². The van der Waals surface area contributed by atoms with Crippen molar-refractivity contribution in [3.8, 4) is 10.6 Å². The van der Waals surface area contributed by atoms with Crippen LogP contribution in [-0.2, 0) is 16.0 Å². The second kappa shape index (κ2) is 10.6. The van der Waals surface area contributed by atoms with Crippen LogP contribution in [0.5, 0.6) is 0 Å². The van der Waals surface area contributed by atoms with Crippen LogP contribution in [0.3, 0.4) is 0 Å². The molecule has 0 saturated heterocycles. The molecule has 1 heterocycles. The lowest BCUT2D eigenvalue weighted by atomic mass is 10.2. The number of aromatic nitrogens is 1. The second-order valence-electron chi connectivity index (χ2n) is 6.67. The van der Waals surface area contributed by atoms with E-state index in [1.54, 1.807) is 18.2 Å². The first-order chi connectivity index (χ1) is 14.5. The molecule has 0 spiro atoms. The SMILES string of the molecule is CCCN(CC(=O)Nc1cc(Cl)ccc1Cl)C(=O)Cc1csc(-c2ccccc2)n1. The molecule has 0 aliphatic carbocycles. The van der Waals surface area contributed by atoms with Crippen LogP contribution in [0.4, 0.5) is 5.69 Å². The fourth-order valence-corrected chi connectivity index (χ4v) is 4.05. The van der Waals surface area contributed by atoms with Gasteiger partial charge in [-0.05, 0) is 24.6 Å². The molecule has 1 aromatic heterocycles. The Morgan fingerprint density at radius 1 is 1.13 bits per heavy atom. The molecular formula is C22H21Cl2N3O2S. The predicted octanol–water partition coefficient (Wildman–Crippen LogP) is 5.54. The lowest BCUT2D eigenvalue weighted by molar-refractivity contribution is -0.134. The average molecular weight is 462 g/mol. The van der Waals surface area contributed by atoms with E-state index in [2.05, 4.69) is 10.3 Å². The van der Waals surface area contributed by atoms with Crippen LogP contribution >= 0.6 is 34.5 Å². The number of benzene rings is 2. The second-order valence-corrected chi connectivity index (χ2v) is 8.38. The van der Waals surface area contributed by atoms with Gasteiger partial charge in [0.05, 0.1) is 29.4 Å². The van der Waals surface area contributed by atoms with Crippen molar-refractivity contribution in [1.82, 2.24) is 9.88 Å². The van der Waals surface area contributed by atoms with Crippen LogP contribution in [0.25, 0.3) is 10.6 Å². The van der Waals surface area contributed by atoms with Gasteiger partial charge in [-0.1, -0.05) is 60.5 Å². The summed E-state index contributed by atoms with van der Waals surface area (Å²) in [6, 6.07) is 14.7. The molecule has 3 rings (SSSR count). The summed E-state index contributed by atoms with van der Waals surface area (Å²) in [5.74, 6) is -0.474. The Bertz CT molecular complexity index is 1020. The van der Waals surface area contributed by atoms with Gasteiger partial charge in [-0.2, -0.15) is 0 Å². The molecule has 0 atom stereocenters. The molecule has 30 heavy (non-hydrogen) atoms. The zero-order chi connectivity index (χ0) is 21.5. The topological polar surface area (TPSA) is 62.3 Å². The maximum Gasteiger partial charge on any atom is 0.244 e. The summed E-state index contributed by atoms with van der Waals surface area (Å²) >= 11 is 13.6. The van der Waals surface area contributed by atoms with Crippen LogP contribution in [0, 0.1) is 0 Å². The lowest BCUT2D eigenvalue weighted by Gasteiger charge is -2.21. The zero-order valence-corrected chi connectivity index (χ0v) is 18.7. The highest BCUT2D eigenvalue weighted by Gasteiger charge is 2.19. The predicted molar refractivity (Wildman–Crippen MR) is 123 cm³/mol. The molecule has 1 N–H and O–H groups in total. The summed E-state index contributed by atoms with van der Waals surface area (Å²) in [5.41, 5.74) is 2.14.